The number of hydrogen-bond donors (Lipinski definition) is 0. The molecular weight excluding hydrogens is 261 g/mol. The van der Waals surface area contributed by atoms with Gasteiger partial charge in [-0.05, 0) is 29.3 Å². The molecule has 0 amide bonds. The van der Waals surface area contributed by atoms with Gasteiger partial charge in [-0.25, -0.2) is 9.18 Å². The number of rotatable bonds is 3. The Labute approximate surface area is 114 Å². The Balaban J connectivity index is 2.01. The van der Waals surface area contributed by atoms with E-state index < -0.39 is 12.1 Å². The largest absolute Gasteiger partial charge is 0.449 e. The van der Waals surface area contributed by atoms with E-state index in [0.717, 1.165) is 5.56 Å². The first-order valence-electron chi connectivity index (χ1n) is 6.07. The van der Waals surface area contributed by atoms with Crippen molar-refractivity contribution in [2.45, 2.75) is 12.6 Å². The lowest BCUT2D eigenvalue weighted by atomic mass is 9.97. The number of nitroso groups, excluding NO2 is 1. The summed E-state index contributed by atoms with van der Waals surface area (Å²) in [6, 6.07) is 10.9. The molecule has 0 bridgehead atoms. The molecule has 3 rings (SSSR count). The molecule has 0 spiro atoms. The molecule has 0 aliphatic carbocycles. The molecule has 100 valence electrons. The maximum atomic E-state index is 12.9. The minimum atomic E-state index is -0.531. The van der Waals surface area contributed by atoms with E-state index in [2.05, 4.69) is 5.18 Å². The van der Waals surface area contributed by atoms with E-state index in [0.29, 0.717) is 16.7 Å². The highest BCUT2D eigenvalue weighted by atomic mass is 19.1. The predicted molar refractivity (Wildman–Crippen MR) is 69.6 cm³/mol. The zero-order chi connectivity index (χ0) is 14.1. The van der Waals surface area contributed by atoms with Crippen molar-refractivity contribution in [1.82, 2.24) is 0 Å². The zero-order valence-corrected chi connectivity index (χ0v) is 10.4. The number of fused-ring (bicyclic) bond motifs is 1. The SMILES string of the molecule is O=NCc1ccc2c(c1)C(=O)OC2c1ccc(F)cc1. The molecule has 0 N–H and O–H groups in total. The number of hydrogen-bond acceptors (Lipinski definition) is 4. The molecule has 0 saturated carbocycles. The summed E-state index contributed by atoms with van der Waals surface area (Å²) in [5, 5.41) is 2.80. The smallest absolute Gasteiger partial charge is 0.339 e. The third kappa shape index (κ3) is 2.07. The van der Waals surface area contributed by atoms with Crippen LogP contribution in [0, 0.1) is 10.7 Å². The summed E-state index contributed by atoms with van der Waals surface area (Å²) in [4.78, 5) is 22.1. The number of cyclic esters (lactones) is 1. The number of halogens is 1. The number of benzene rings is 2. The van der Waals surface area contributed by atoms with Crippen LogP contribution in [0.2, 0.25) is 0 Å². The van der Waals surface area contributed by atoms with Crippen molar-refractivity contribution in [1.29, 1.82) is 0 Å². The van der Waals surface area contributed by atoms with Crippen LogP contribution in [0.25, 0.3) is 0 Å². The maximum absolute atomic E-state index is 12.9. The molecule has 1 atom stereocenters. The fourth-order valence-electron chi connectivity index (χ4n) is 2.30. The van der Waals surface area contributed by atoms with Crippen molar-refractivity contribution in [2.75, 3.05) is 0 Å². The molecule has 0 fully saturated rings. The van der Waals surface area contributed by atoms with Gasteiger partial charge in [-0.2, -0.15) is 4.91 Å². The van der Waals surface area contributed by atoms with E-state index in [-0.39, 0.29) is 12.4 Å². The standard InChI is InChI=1S/C15H10FNO3/c16-11-4-2-10(3-5-11)14-12-6-1-9(8-17-19)7-13(12)15(18)20-14/h1-7,14H,8H2. The Hall–Kier alpha value is -2.56. The molecule has 1 aliphatic rings. The second-order valence-electron chi connectivity index (χ2n) is 4.55. The Bertz CT molecular complexity index is 682. The van der Waals surface area contributed by atoms with Gasteiger partial charge in [-0.15, -0.1) is 0 Å². The van der Waals surface area contributed by atoms with Gasteiger partial charge >= 0.3 is 5.97 Å². The lowest BCUT2D eigenvalue weighted by molar-refractivity contribution is 0.0456. The minimum absolute atomic E-state index is 0.0156. The van der Waals surface area contributed by atoms with Gasteiger partial charge < -0.3 is 4.74 Å². The predicted octanol–water partition coefficient (Wildman–Crippen LogP) is 3.35. The molecule has 2 aromatic carbocycles. The first-order chi connectivity index (χ1) is 9.69. The van der Waals surface area contributed by atoms with Crippen LogP contribution in [-0.2, 0) is 11.3 Å². The van der Waals surface area contributed by atoms with Crippen LogP contribution >= 0.6 is 0 Å². The average Bonchev–Trinajstić information content (AvgIpc) is 2.77. The molecule has 1 heterocycles. The Kier molecular flexibility index (Phi) is 3.02. The highest BCUT2D eigenvalue weighted by Gasteiger charge is 2.32. The third-order valence-electron chi connectivity index (χ3n) is 3.26. The van der Waals surface area contributed by atoms with Crippen molar-refractivity contribution in [3.63, 3.8) is 0 Å². The molecular formula is C15H10FNO3. The van der Waals surface area contributed by atoms with Crippen LogP contribution in [0.4, 0.5) is 4.39 Å². The van der Waals surface area contributed by atoms with E-state index in [9.17, 15) is 14.1 Å². The topological polar surface area (TPSA) is 55.7 Å². The van der Waals surface area contributed by atoms with Crippen molar-refractivity contribution < 1.29 is 13.9 Å². The van der Waals surface area contributed by atoms with Gasteiger partial charge in [0.25, 0.3) is 0 Å². The quantitative estimate of drug-likeness (QED) is 0.635. The number of nitrogens with zero attached hydrogens (tertiary/aromatic N) is 1. The van der Waals surface area contributed by atoms with Crippen molar-refractivity contribution in [3.05, 3.63) is 75.4 Å². The number of carbonyl (C=O) groups excluding carboxylic acids is 1. The monoisotopic (exact) mass is 271 g/mol. The molecule has 4 nitrogen and oxygen atoms in total. The van der Waals surface area contributed by atoms with Crippen LogP contribution < -0.4 is 0 Å². The van der Waals surface area contributed by atoms with Gasteiger partial charge in [0.1, 0.15) is 12.4 Å². The second-order valence-corrected chi connectivity index (χ2v) is 4.55. The average molecular weight is 271 g/mol. The van der Waals surface area contributed by atoms with Gasteiger partial charge in [-0.3, -0.25) is 0 Å². The molecule has 20 heavy (non-hydrogen) atoms. The van der Waals surface area contributed by atoms with Gasteiger partial charge in [0.15, 0.2) is 6.10 Å². The number of carbonyl (C=O) groups is 1. The van der Waals surface area contributed by atoms with Crippen LogP contribution in [0.3, 0.4) is 0 Å². The zero-order valence-electron chi connectivity index (χ0n) is 10.4. The lowest BCUT2D eigenvalue weighted by Crippen LogP contribution is -2.00. The van der Waals surface area contributed by atoms with Crippen molar-refractivity contribution in [2.24, 2.45) is 5.18 Å². The van der Waals surface area contributed by atoms with Gasteiger partial charge in [0.2, 0.25) is 0 Å². The Morgan fingerprint density at radius 3 is 2.60 bits per heavy atom. The third-order valence-corrected chi connectivity index (χ3v) is 3.26. The van der Waals surface area contributed by atoms with Gasteiger partial charge in [0, 0.05) is 5.56 Å². The van der Waals surface area contributed by atoms with Crippen LogP contribution in [-0.4, -0.2) is 5.97 Å². The molecule has 1 aliphatic heterocycles. The first kappa shape index (κ1) is 12.5. The number of esters is 1. The minimum Gasteiger partial charge on any atom is -0.449 e. The van der Waals surface area contributed by atoms with Crippen molar-refractivity contribution in [3.8, 4) is 0 Å². The Morgan fingerprint density at radius 1 is 1.15 bits per heavy atom. The summed E-state index contributed by atoms with van der Waals surface area (Å²) in [6.45, 7) is 0.0156. The summed E-state index contributed by atoms with van der Waals surface area (Å²) in [6.07, 6.45) is -0.531. The molecule has 0 aromatic heterocycles. The molecule has 0 radical (unpaired) electrons. The van der Waals surface area contributed by atoms with Gasteiger partial charge in [0.05, 0.1) is 5.56 Å². The molecule has 5 heteroatoms. The molecule has 1 unspecified atom stereocenters. The molecule has 0 saturated heterocycles. The van der Waals surface area contributed by atoms with Crippen LogP contribution in [0.5, 0.6) is 0 Å². The lowest BCUT2D eigenvalue weighted by Gasteiger charge is -2.10. The Morgan fingerprint density at radius 2 is 1.90 bits per heavy atom. The van der Waals surface area contributed by atoms with Gasteiger partial charge in [-0.1, -0.05) is 29.4 Å². The maximum Gasteiger partial charge on any atom is 0.339 e. The molecule has 2 aromatic rings. The van der Waals surface area contributed by atoms with E-state index in [1.165, 1.54) is 12.1 Å². The second kappa shape index (κ2) is 4.85. The van der Waals surface area contributed by atoms with Crippen molar-refractivity contribution >= 4 is 5.97 Å². The summed E-state index contributed by atoms with van der Waals surface area (Å²) in [5.41, 5.74) is 2.52. The summed E-state index contributed by atoms with van der Waals surface area (Å²) < 4.78 is 18.3. The summed E-state index contributed by atoms with van der Waals surface area (Å²) >= 11 is 0. The van der Waals surface area contributed by atoms with E-state index in [1.54, 1.807) is 30.3 Å². The van der Waals surface area contributed by atoms with E-state index in [4.69, 9.17) is 4.74 Å². The van der Waals surface area contributed by atoms with E-state index in [1.807, 2.05) is 0 Å². The van der Waals surface area contributed by atoms with E-state index >= 15 is 0 Å². The normalized spacial score (nSPS) is 16.6. The highest BCUT2D eigenvalue weighted by Crippen LogP contribution is 2.36. The summed E-state index contributed by atoms with van der Waals surface area (Å²) in [7, 11) is 0. The van der Waals surface area contributed by atoms with Crippen LogP contribution in [0.15, 0.2) is 47.6 Å². The van der Waals surface area contributed by atoms with Crippen LogP contribution in [0.1, 0.15) is 33.2 Å². The fraction of sp³-hybridized carbons (Fsp3) is 0.133. The first-order valence-corrected chi connectivity index (χ1v) is 6.07. The fourth-order valence-corrected chi connectivity index (χ4v) is 2.30. The highest BCUT2D eigenvalue weighted by molar-refractivity contribution is 5.94. The number of ether oxygens (including phenoxy) is 1. The summed E-state index contributed by atoms with van der Waals surface area (Å²) in [5.74, 6) is -0.784.